The Hall–Kier alpha value is -0.500. The summed E-state index contributed by atoms with van der Waals surface area (Å²) in [5.74, 6) is 0.722. The summed E-state index contributed by atoms with van der Waals surface area (Å²) in [7, 11) is 3.33. The third-order valence-corrected chi connectivity index (χ3v) is 5.94. The predicted molar refractivity (Wildman–Crippen MR) is 97.2 cm³/mol. The van der Waals surface area contributed by atoms with Crippen LogP contribution in [0.2, 0.25) is 0 Å². The summed E-state index contributed by atoms with van der Waals surface area (Å²) in [5, 5.41) is 6.00. The molecule has 2 aromatic rings. The SMILES string of the molecule is COC(C)(C)c1nc(Br)cs1.COc1csc(C(C)(C)C)n1. The molecular weight excluding hydrogens is 384 g/mol. The quantitative estimate of drug-likeness (QED) is 0.698. The van der Waals surface area contributed by atoms with E-state index in [0.717, 1.165) is 20.5 Å². The lowest BCUT2D eigenvalue weighted by Crippen LogP contribution is -2.18. The van der Waals surface area contributed by atoms with E-state index in [-0.39, 0.29) is 11.0 Å². The molecule has 0 radical (unpaired) electrons. The molecule has 7 heteroatoms. The van der Waals surface area contributed by atoms with E-state index >= 15 is 0 Å². The number of aromatic nitrogens is 2. The molecule has 2 rings (SSSR count). The Morgan fingerprint density at radius 1 is 0.955 bits per heavy atom. The van der Waals surface area contributed by atoms with Crippen LogP contribution in [-0.2, 0) is 15.8 Å². The maximum atomic E-state index is 5.26. The molecule has 0 unspecified atom stereocenters. The summed E-state index contributed by atoms with van der Waals surface area (Å²) in [6.07, 6.45) is 0. The Morgan fingerprint density at radius 2 is 1.55 bits per heavy atom. The summed E-state index contributed by atoms with van der Waals surface area (Å²) < 4.78 is 11.1. The minimum absolute atomic E-state index is 0.140. The monoisotopic (exact) mass is 406 g/mol. The van der Waals surface area contributed by atoms with Crippen LogP contribution in [0.1, 0.15) is 44.6 Å². The molecule has 0 fully saturated rings. The highest BCUT2D eigenvalue weighted by atomic mass is 79.9. The van der Waals surface area contributed by atoms with Gasteiger partial charge in [0.15, 0.2) is 0 Å². The van der Waals surface area contributed by atoms with Crippen molar-refractivity contribution in [1.82, 2.24) is 9.97 Å². The van der Waals surface area contributed by atoms with Crippen molar-refractivity contribution in [2.45, 2.75) is 45.6 Å². The van der Waals surface area contributed by atoms with Crippen molar-refractivity contribution in [3.63, 3.8) is 0 Å². The smallest absolute Gasteiger partial charge is 0.224 e. The molecule has 0 aromatic carbocycles. The average molecular weight is 407 g/mol. The highest BCUT2D eigenvalue weighted by Crippen LogP contribution is 2.28. The molecule has 0 aliphatic carbocycles. The number of rotatable bonds is 3. The molecule has 4 nitrogen and oxygen atoms in total. The van der Waals surface area contributed by atoms with Crippen LogP contribution in [0.4, 0.5) is 0 Å². The summed E-state index contributed by atoms with van der Waals surface area (Å²) in [5.41, 5.74) is -0.127. The first-order valence-electron chi connectivity index (χ1n) is 6.77. The fourth-order valence-corrected chi connectivity index (χ4v) is 3.53. The third-order valence-electron chi connectivity index (χ3n) is 2.84. The van der Waals surface area contributed by atoms with Crippen molar-refractivity contribution < 1.29 is 9.47 Å². The van der Waals surface area contributed by atoms with Gasteiger partial charge in [0, 0.05) is 17.9 Å². The van der Waals surface area contributed by atoms with Gasteiger partial charge in [0.2, 0.25) is 5.88 Å². The molecule has 0 aliphatic heterocycles. The molecular formula is C15H23BrN2O2S2. The van der Waals surface area contributed by atoms with Crippen molar-refractivity contribution in [3.05, 3.63) is 25.4 Å². The number of halogens is 1. The summed E-state index contributed by atoms with van der Waals surface area (Å²) in [6, 6.07) is 0. The van der Waals surface area contributed by atoms with E-state index in [0.29, 0.717) is 0 Å². The van der Waals surface area contributed by atoms with Gasteiger partial charge in [-0.2, -0.15) is 0 Å². The van der Waals surface area contributed by atoms with E-state index in [1.807, 2.05) is 24.6 Å². The Morgan fingerprint density at radius 3 is 1.86 bits per heavy atom. The molecule has 2 heterocycles. The van der Waals surface area contributed by atoms with Gasteiger partial charge in [-0.15, -0.1) is 22.7 Å². The maximum Gasteiger partial charge on any atom is 0.224 e. The van der Waals surface area contributed by atoms with E-state index in [4.69, 9.17) is 9.47 Å². The summed E-state index contributed by atoms with van der Waals surface area (Å²) in [4.78, 5) is 8.56. The second kappa shape index (κ2) is 7.86. The van der Waals surface area contributed by atoms with Gasteiger partial charge in [-0.3, -0.25) is 0 Å². The molecule has 0 saturated carbocycles. The topological polar surface area (TPSA) is 44.2 Å². The Balaban J connectivity index is 0.000000220. The number of ether oxygens (including phenoxy) is 2. The normalized spacial score (nSPS) is 11.8. The van der Waals surface area contributed by atoms with Crippen molar-refractivity contribution >= 4 is 38.6 Å². The summed E-state index contributed by atoms with van der Waals surface area (Å²) >= 11 is 6.54. The average Bonchev–Trinajstić information content (AvgIpc) is 3.07. The van der Waals surface area contributed by atoms with Gasteiger partial charge in [-0.05, 0) is 29.8 Å². The fourth-order valence-electron chi connectivity index (χ4n) is 1.32. The minimum Gasteiger partial charge on any atom is -0.480 e. The second-order valence-electron chi connectivity index (χ2n) is 6.13. The molecule has 0 bridgehead atoms. The highest BCUT2D eigenvalue weighted by Gasteiger charge is 2.22. The van der Waals surface area contributed by atoms with Crippen molar-refractivity contribution in [2.75, 3.05) is 14.2 Å². The van der Waals surface area contributed by atoms with Gasteiger partial charge < -0.3 is 9.47 Å². The molecule has 0 spiro atoms. The molecule has 0 N–H and O–H groups in total. The Kier molecular flexibility index (Phi) is 6.98. The number of thiazole rings is 2. The van der Waals surface area contributed by atoms with E-state index in [9.17, 15) is 0 Å². The molecule has 124 valence electrons. The lowest BCUT2D eigenvalue weighted by atomic mass is 9.98. The van der Waals surface area contributed by atoms with Crippen molar-refractivity contribution in [3.8, 4) is 5.88 Å². The first-order valence-corrected chi connectivity index (χ1v) is 9.32. The van der Waals surface area contributed by atoms with Crippen LogP contribution in [0.3, 0.4) is 0 Å². The highest BCUT2D eigenvalue weighted by molar-refractivity contribution is 9.10. The second-order valence-corrected chi connectivity index (χ2v) is 8.66. The largest absolute Gasteiger partial charge is 0.480 e. The van der Waals surface area contributed by atoms with Crippen LogP contribution in [0.25, 0.3) is 0 Å². The summed E-state index contributed by atoms with van der Waals surface area (Å²) in [6.45, 7) is 10.4. The van der Waals surface area contributed by atoms with E-state index in [2.05, 4.69) is 46.7 Å². The number of hydrogen-bond acceptors (Lipinski definition) is 6. The number of hydrogen-bond donors (Lipinski definition) is 0. The lowest BCUT2D eigenvalue weighted by Gasteiger charge is -2.19. The molecule has 2 aromatic heterocycles. The zero-order valence-electron chi connectivity index (χ0n) is 14.1. The molecule has 0 aliphatic rings. The predicted octanol–water partition coefficient (Wildman–Crippen LogP) is 5.24. The third kappa shape index (κ3) is 5.61. The molecule has 22 heavy (non-hydrogen) atoms. The Labute approximate surface area is 149 Å². The van der Waals surface area contributed by atoms with Crippen LogP contribution in [0, 0.1) is 0 Å². The van der Waals surface area contributed by atoms with E-state index < -0.39 is 0 Å². The molecule has 0 saturated heterocycles. The first-order chi connectivity index (χ1) is 10.1. The Bertz CT molecular complexity index is 588. The maximum absolute atomic E-state index is 5.26. The number of nitrogens with zero attached hydrogens (tertiary/aromatic N) is 2. The zero-order chi connectivity index (χ0) is 17.0. The zero-order valence-corrected chi connectivity index (χ0v) is 17.3. The van der Waals surface area contributed by atoms with Crippen molar-refractivity contribution in [1.29, 1.82) is 0 Å². The standard InChI is InChI=1S/C8H13NOS.C7H10BrNOS/c1-8(2,3)7-9-6(10-4)5-11-7;1-7(2,10-3)6-9-5(8)4-11-6/h5H,1-4H3;4H,1-3H3. The van der Waals surface area contributed by atoms with Gasteiger partial charge in [-0.25, -0.2) is 9.97 Å². The number of methoxy groups -OCH3 is 2. The van der Waals surface area contributed by atoms with E-state index in [1.54, 1.807) is 36.9 Å². The van der Waals surface area contributed by atoms with Gasteiger partial charge in [0.25, 0.3) is 0 Å². The van der Waals surface area contributed by atoms with Crippen LogP contribution >= 0.6 is 38.6 Å². The van der Waals surface area contributed by atoms with E-state index in [1.165, 1.54) is 0 Å². The first kappa shape index (κ1) is 19.5. The fraction of sp³-hybridized carbons (Fsp3) is 0.600. The van der Waals surface area contributed by atoms with Gasteiger partial charge >= 0.3 is 0 Å². The van der Waals surface area contributed by atoms with Crippen LogP contribution in [0.5, 0.6) is 5.88 Å². The van der Waals surface area contributed by atoms with Crippen molar-refractivity contribution in [2.24, 2.45) is 0 Å². The van der Waals surface area contributed by atoms with Crippen LogP contribution < -0.4 is 4.74 Å². The molecule has 0 atom stereocenters. The van der Waals surface area contributed by atoms with Gasteiger partial charge in [0.1, 0.15) is 20.2 Å². The lowest BCUT2D eigenvalue weighted by molar-refractivity contribution is 0.0189. The van der Waals surface area contributed by atoms with Crippen LogP contribution in [-0.4, -0.2) is 24.2 Å². The molecule has 0 amide bonds. The van der Waals surface area contributed by atoms with Crippen LogP contribution in [0.15, 0.2) is 15.4 Å². The minimum atomic E-state index is -0.267. The van der Waals surface area contributed by atoms with Gasteiger partial charge in [-0.1, -0.05) is 20.8 Å². The van der Waals surface area contributed by atoms with Gasteiger partial charge in [0.05, 0.1) is 12.5 Å².